The van der Waals surface area contributed by atoms with Gasteiger partial charge < -0.3 is 10.2 Å². The van der Waals surface area contributed by atoms with E-state index in [2.05, 4.69) is 20.9 Å². The molecular weight excluding hydrogens is 208 g/mol. The number of nitrogens with zero attached hydrogens (tertiary/aromatic N) is 1. The molecule has 3 nitrogen and oxygen atoms in total. The van der Waals surface area contributed by atoms with Crippen LogP contribution in [-0.4, -0.2) is 4.98 Å². The summed E-state index contributed by atoms with van der Waals surface area (Å²) in [4.78, 5) is 3.96. The zero-order valence-electron chi connectivity index (χ0n) is 5.54. The number of halogens is 1. The Morgan fingerprint density at radius 3 is 3.09 bits per heavy atom. The van der Waals surface area contributed by atoms with Gasteiger partial charge in [-0.05, 0) is 28.1 Å². The fraction of sp³-hybridized carbons (Fsp3) is 0. The molecule has 2 aromatic rings. The van der Waals surface area contributed by atoms with E-state index in [0.29, 0.717) is 5.69 Å². The van der Waals surface area contributed by atoms with Gasteiger partial charge >= 0.3 is 0 Å². The third-order valence-corrected chi connectivity index (χ3v) is 2.00. The van der Waals surface area contributed by atoms with Crippen molar-refractivity contribution < 1.29 is 4.42 Å². The summed E-state index contributed by atoms with van der Waals surface area (Å²) in [6.07, 6.45) is 1.40. The Bertz CT molecular complexity index is 396. The number of nitrogens with two attached hydrogens (primary N) is 1. The molecule has 11 heavy (non-hydrogen) atoms. The summed E-state index contributed by atoms with van der Waals surface area (Å²) < 4.78 is 5.93. The Morgan fingerprint density at radius 1 is 1.45 bits per heavy atom. The predicted molar refractivity (Wildman–Crippen MR) is 46.1 cm³/mol. The van der Waals surface area contributed by atoms with Gasteiger partial charge in [0.05, 0.1) is 4.47 Å². The van der Waals surface area contributed by atoms with Gasteiger partial charge in [-0.25, -0.2) is 4.98 Å². The van der Waals surface area contributed by atoms with Crippen LogP contribution in [0.4, 0.5) is 5.69 Å². The maximum absolute atomic E-state index is 5.57. The van der Waals surface area contributed by atoms with E-state index < -0.39 is 0 Å². The molecule has 0 spiro atoms. The van der Waals surface area contributed by atoms with Crippen molar-refractivity contribution in [2.24, 2.45) is 0 Å². The molecule has 1 heterocycles. The van der Waals surface area contributed by atoms with E-state index in [1.165, 1.54) is 6.39 Å². The van der Waals surface area contributed by atoms with Crippen LogP contribution >= 0.6 is 15.9 Å². The fourth-order valence-electron chi connectivity index (χ4n) is 0.948. The van der Waals surface area contributed by atoms with Gasteiger partial charge in [0, 0.05) is 5.69 Å². The van der Waals surface area contributed by atoms with Crippen LogP contribution in [0.25, 0.3) is 11.1 Å². The normalized spacial score (nSPS) is 10.6. The standard InChI is InChI=1S/C7H5BrN2O/c8-5-1-4(9)2-6-7(5)11-3-10-6/h1-3H,9H2. The lowest BCUT2D eigenvalue weighted by atomic mass is 10.3. The highest BCUT2D eigenvalue weighted by atomic mass is 79.9. The average molecular weight is 213 g/mol. The molecule has 0 atom stereocenters. The number of hydrogen-bond donors (Lipinski definition) is 1. The van der Waals surface area contributed by atoms with Crippen molar-refractivity contribution in [2.75, 3.05) is 5.73 Å². The maximum atomic E-state index is 5.57. The van der Waals surface area contributed by atoms with Crippen LogP contribution in [-0.2, 0) is 0 Å². The number of rotatable bonds is 0. The summed E-state index contributed by atoms with van der Waals surface area (Å²) in [7, 11) is 0. The van der Waals surface area contributed by atoms with Crippen molar-refractivity contribution in [3.8, 4) is 0 Å². The summed E-state index contributed by atoms with van der Waals surface area (Å²) in [5.41, 5.74) is 7.76. The third-order valence-electron chi connectivity index (χ3n) is 1.41. The molecule has 0 radical (unpaired) electrons. The van der Waals surface area contributed by atoms with Crippen LogP contribution in [0.2, 0.25) is 0 Å². The second kappa shape index (κ2) is 2.23. The van der Waals surface area contributed by atoms with Crippen LogP contribution in [0.1, 0.15) is 0 Å². The molecular formula is C7H5BrN2O. The van der Waals surface area contributed by atoms with Crippen LogP contribution in [0.15, 0.2) is 27.4 Å². The Labute approximate surface area is 71.3 Å². The molecule has 0 aliphatic heterocycles. The second-order valence-electron chi connectivity index (χ2n) is 2.20. The van der Waals surface area contributed by atoms with E-state index in [-0.39, 0.29) is 0 Å². The zero-order valence-corrected chi connectivity index (χ0v) is 7.13. The lowest BCUT2D eigenvalue weighted by Crippen LogP contribution is -1.83. The van der Waals surface area contributed by atoms with Crippen LogP contribution in [0.5, 0.6) is 0 Å². The molecule has 0 amide bonds. The van der Waals surface area contributed by atoms with Gasteiger partial charge in [-0.1, -0.05) is 0 Å². The lowest BCUT2D eigenvalue weighted by Gasteiger charge is -1.93. The van der Waals surface area contributed by atoms with Gasteiger partial charge in [0.2, 0.25) is 0 Å². The highest BCUT2D eigenvalue weighted by Gasteiger charge is 2.03. The Morgan fingerprint density at radius 2 is 2.27 bits per heavy atom. The molecule has 0 saturated carbocycles. The van der Waals surface area contributed by atoms with E-state index in [1.807, 2.05) is 0 Å². The van der Waals surface area contributed by atoms with Gasteiger partial charge in [-0.15, -0.1) is 0 Å². The molecule has 0 unspecified atom stereocenters. The first kappa shape index (κ1) is 6.67. The van der Waals surface area contributed by atoms with E-state index in [4.69, 9.17) is 10.2 Å². The van der Waals surface area contributed by atoms with Gasteiger partial charge in [0.15, 0.2) is 12.0 Å². The molecule has 2 rings (SSSR count). The summed E-state index contributed by atoms with van der Waals surface area (Å²) in [5, 5.41) is 0. The first-order valence-electron chi connectivity index (χ1n) is 3.05. The average Bonchev–Trinajstić information content (AvgIpc) is 2.34. The van der Waals surface area contributed by atoms with Gasteiger partial charge in [0.1, 0.15) is 5.52 Å². The number of hydrogen-bond acceptors (Lipinski definition) is 3. The summed E-state index contributed by atoms with van der Waals surface area (Å²) in [5.74, 6) is 0. The molecule has 0 aliphatic rings. The lowest BCUT2D eigenvalue weighted by molar-refractivity contribution is 0.600. The van der Waals surface area contributed by atoms with Gasteiger partial charge in [-0.3, -0.25) is 0 Å². The van der Waals surface area contributed by atoms with Gasteiger partial charge in [-0.2, -0.15) is 0 Å². The highest BCUT2D eigenvalue weighted by molar-refractivity contribution is 9.10. The first-order valence-corrected chi connectivity index (χ1v) is 3.85. The number of benzene rings is 1. The molecule has 0 fully saturated rings. The van der Waals surface area contributed by atoms with Crippen LogP contribution in [0.3, 0.4) is 0 Å². The quantitative estimate of drug-likeness (QED) is 0.682. The Balaban J connectivity index is 2.91. The van der Waals surface area contributed by atoms with Crippen molar-refractivity contribution in [3.63, 3.8) is 0 Å². The molecule has 4 heteroatoms. The number of fused-ring (bicyclic) bond motifs is 1. The van der Waals surface area contributed by atoms with Crippen molar-refractivity contribution in [2.45, 2.75) is 0 Å². The molecule has 2 N–H and O–H groups in total. The molecule has 0 bridgehead atoms. The minimum Gasteiger partial charge on any atom is -0.442 e. The number of oxazole rings is 1. The molecule has 56 valence electrons. The van der Waals surface area contributed by atoms with Gasteiger partial charge in [0.25, 0.3) is 0 Å². The molecule has 1 aromatic heterocycles. The Kier molecular flexibility index (Phi) is 1.35. The van der Waals surface area contributed by atoms with Crippen LogP contribution < -0.4 is 5.73 Å². The maximum Gasteiger partial charge on any atom is 0.182 e. The molecule has 0 aliphatic carbocycles. The second-order valence-corrected chi connectivity index (χ2v) is 3.06. The molecule has 0 saturated heterocycles. The number of anilines is 1. The zero-order chi connectivity index (χ0) is 7.84. The van der Waals surface area contributed by atoms with E-state index in [1.54, 1.807) is 12.1 Å². The fourth-order valence-corrected chi connectivity index (χ4v) is 1.51. The van der Waals surface area contributed by atoms with Crippen molar-refractivity contribution >= 4 is 32.7 Å². The number of aromatic nitrogens is 1. The minimum atomic E-state index is 0.679. The van der Waals surface area contributed by atoms with E-state index in [0.717, 1.165) is 15.6 Å². The first-order chi connectivity index (χ1) is 5.27. The van der Waals surface area contributed by atoms with Crippen molar-refractivity contribution in [1.29, 1.82) is 0 Å². The van der Waals surface area contributed by atoms with Crippen molar-refractivity contribution in [3.05, 3.63) is 23.0 Å². The smallest absolute Gasteiger partial charge is 0.182 e. The predicted octanol–water partition coefficient (Wildman–Crippen LogP) is 2.17. The summed E-state index contributed by atoms with van der Waals surface area (Å²) in [6.45, 7) is 0. The topological polar surface area (TPSA) is 52.0 Å². The van der Waals surface area contributed by atoms with Crippen LogP contribution in [0, 0.1) is 0 Å². The monoisotopic (exact) mass is 212 g/mol. The third kappa shape index (κ3) is 0.991. The van der Waals surface area contributed by atoms with Crippen molar-refractivity contribution in [1.82, 2.24) is 4.98 Å². The summed E-state index contributed by atoms with van der Waals surface area (Å²) >= 11 is 3.31. The number of nitrogen functional groups attached to an aromatic ring is 1. The largest absolute Gasteiger partial charge is 0.442 e. The SMILES string of the molecule is Nc1cc(Br)c2ocnc2c1. The van der Waals surface area contributed by atoms with E-state index >= 15 is 0 Å². The van der Waals surface area contributed by atoms with E-state index in [9.17, 15) is 0 Å². The Hall–Kier alpha value is -1.03. The highest BCUT2D eigenvalue weighted by Crippen LogP contribution is 2.25. The molecule has 1 aromatic carbocycles. The summed E-state index contributed by atoms with van der Waals surface area (Å²) in [6, 6.07) is 3.55. The minimum absolute atomic E-state index is 0.679.